The van der Waals surface area contributed by atoms with E-state index in [0.717, 1.165) is 0 Å². The van der Waals surface area contributed by atoms with Crippen LogP contribution in [-0.4, -0.2) is 37.6 Å². The highest BCUT2D eigenvalue weighted by Crippen LogP contribution is 2.24. The highest BCUT2D eigenvalue weighted by atomic mass is 19.1. The Balaban J connectivity index is 2.66. The molecule has 0 radical (unpaired) electrons. The van der Waals surface area contributed by atoms with E-state index >= 15 is 0 Å². The monoisotopic (exact) mass is 289 g/mol. The molecule has 0 aliphatic carbocycles. The summed E-state index contributed by atoms with van der Waals surface area (Å²) in [5, 5.41) is 12.5. The minimum Gasteiger partial charge on any atom is -0.485 e. The fourth-order valence-electron chi connectivity index (χ4n) is 1.51. The van der Waals surface area contributed by atoms with Crippen molar-refractivity contribution in [1.82, 2.24) is 5.32 Å². The van der Waals surface area contributed by atoms with Crippen molar-refractivity contribution in [3.8, 4) is 5.75 Å². The Kier molecular flexibility index (Phi) is 6.32. The lowest BCUT2D eigenvalue weighted by Gasteiger charge is -2.18. The molecule has 0 bridgehead atoms. The Hall–Kier alpha value is -1.24. The van der Waals surface area contributed by atoms with Gasteiger partial charge in [0.1, 0.15) is 6.61 Å². The Bertz CT molecular complexity index is 410. The van der Waals surface area contributed by atoms with Crippen molar-refractivity contribution in [2.24, 2.45) is 0 Å². The largest absolute Gasteiger partial charge is 0.485 e. The van der Waals surface area contributed by atoms with Gasteiger partial charge in [0.25, 0.3) is 0 Å². The van der Waals surface area contributed by atoms with Gasteiger partial charge in [0.2, 0.25) is 0 Å². The van der Waals surface area contributed by atoms with Crippen LogP contribution in [0.1, 0.15) is 19.4 Å². The Labute approximate surface area is 117 Å². The van der Waals surface area contributed by atoms with Gasteiger partial charge < -0.3 is 19.9 Å². The van der Waals surface area contributed by atoms with Crippen molar-refractivity contribution in [2.75, 3.05) is 26.9 Å². The minimum absolute atomic E-state index is 0.188. The number of methoxy groups -OCH3 is 1. The molecular weight excluding hydrogens is 268 g/mol. The lowest BCUT2D eigenvalue weighted by molar-refractivity contribution is 0.0257. The predicted molar refractivity (Wildman–Crippen MR) is 71.7 cm³/mol. The molecule has 0 fully saturated rings. The molecule has 4 nitrogen and oxygen atoms in total. The second-order valence-corrected chi connectivity index (χ2v) is 5.16. The van der Waals surface area contributed by atoms with Crippen LogP contribution in [-0.2, 0) is 11.3 Å². The van der Waals surface area contributed by atoms with Crippen LogP contribution < -0.4 is 10.1 Å². The summed E-state index contributed by atoms with van der Waals surface area (Å²) >= 11 is 0. The van der Waals surface area contributed by atoms with Crippen molar-refractivity contribution < 1.29 is 23.4 Å². The summed E-state index contributed by atoms with van der Waals surface area (Å²) in [6.07, 6.45) is 0. The van der Waals surface area contributed by atoms with Crippen molar-refractivity contribution >= 4 is 0 Å². The van der Waals surface area contributed by atoms with Crippen LogP contribution in [0, 0.1) is 11.6 Å². The van der Waals surface area contributed by atoms with E-state index in [1.165, 1.54) is 26.0 Å². The van der Waals surface area contributed by atoms with E-state index in [4.69, 9.17) is 9.47 Å². The molecule has 0 heterocycles. The Morgan fingerprint density at radius 1 is 1.25 bits per heavy atom. The fraction of sp³-hybridized carbons (Fsp3) is 0.571. The van der Waals surface area contributed by atoms with Crippen LogP contribution in [0.2, 0.25) is 0 Å². The minimum atomic E-state index is -1.15. The first-order valence-electron chi connectivity index (χ1n) is 6.36. The first kappa shape index (κ1) is 16.8. The Morgan fingerprint density at radius 3 is 2.35 bits per heavy atom. The molecule has 1 aromatic carbocycles. The maximum Gasteiger partial charge on any atom is 0.190 e. The molecule has 0 saturated carbocycles. The topological polar surface area (TPSA) is 50.7 Å². The number of hydrogen-bond acceptors (Lipinski definition) is 4. The maximum absolute atomic E-state index is 13.8. The summed E-state index contributed by atoms with van der Waals surface area (Å²) in [5.74, 6) is -2.02. The molecule has 0 aromatic heterocycles. The number of halogens is 2. The molecule has 6 heteroatoms. The highest BCUT2D eigenvalue weighted by Gasteiger charge is 2.18. The number of ether oxygens (including phenoxy) is 2. The maximum atomic E-state index is 13.8. The molecule has 1 rings (SSSR count). The van der Waals surface area contributed by atoms with Gasteiger partial charge >= 0.3 is 0 Å². The highest BCUT2D eigenvalue weighted by molar-refractivity contribution is 5.31. The molecule has 0 saturated heterocycles. The summed E-state index contributed by atoms with van der Waals surface area (Å²) in [6, 6.07) is 2.42. The van der Waals surface area contributed by atoms with E-state index in [1.54, 1.807) is 7.11 Å². The normalized spacial score (nSPS) is 11.7. The Morgan fingerprint density at radius 2 is 1.85 bits per heavy atom. The molecule has 0 aliphatic rings. The third-order valence-electron chi connectivity index (χ3n) is 2.44. The van der Waals surface area contributed by atoms with E-state index < -0.39 is 23.0 Å². The van der Waals surface area contributed by atoms with Gasteiger partial charge in [-0.2, -0.15) is 0 Å². The van der Waals surface area contributed by atoms with Gasteiger partial charge in [-0.25, -0.2) is 8.78 Å². The van der Waals surface area contributed by atoms with E-state index in [1.807, 2.05) is 0 Å². The second kappa shape index (κ2) is 7.52. The molecule has 0 atom stereocenters. The van der Waals surface area contributed by atoms with Crippen LogP contribution >= 0.6 is 0 Å². The average Bonchev–Trinajstić information content (AvgIpc) is 2.32. The van der Waals surface area contributed by atoms with Gasteiger partial charge in [0, 0.05) is 20.2 Å². The third-order valence-corrected chi connectivity index (χ3v) is 2.44. The van der Waals surface area contributed by atoms with Crippen molar-refractivity contribution in [3.63, 3.8) is 0 Å². The second-order valence-electron chi connectivity index (χ2n) is 5.16. The molecule has 0 amide bonds. The summed E-state index contributed by atoms with van der Waals surface area (Å²) < 4.78 is 37.4. The quantitative estimate of drug-likeness (QED) is 0.717. The molecule has 0 unspecified atom stereocenters. The van der Waals surface area contributed by atoms with Crippen LogP contribution in [0.3, 0.4) is 0 Å². The standard InChI is InChI=1S/C14H21F2NO3/c1-14(2,18)9-20-13-11(15)6-10(7-12(13)16)8-17-4-5-19-3/h6-7,17-18H,4-5,8-9H2,1-3H3. The van der Waals surface area contributed by atoms with Gasteiger partial charge in [0.05, 0.1) is 12.2 Å². The number of aliphatic hydroxyl groups is 1. The molecule has 20 heavy (non-hydrogen) atoms. The van der Waals surface area contributed by atoms with Crippen LogP contribution in [0.4, 0.5) is 8.78 Å². The number of benzene rings is 1. The number of hydrogen-bond donors (Lipinski definition) is 2. The van der Waals surface area contributed by atoms with Crippen molar-refractivity contribution in [1.29, 1.82) is 0 Å². The number of rotatable bonds is 8. The zero-order chi connectivity index (χ0) is 15.2. The summed E-state index contributed by atoms with van der Waals surface area (Å²) in [5.41, 5.74) is -0.675. The molecular formula is C14H21F2NO3. The van der Waals surface area contributed by atoms with Gasteiger partial charge in [-0.15, -0.1) is 0 Å². The van der Waals surface area contributed by atoms with E-state index in [-0.39, 0.29) is 6.61 Å². The van der Waals surface area contributed by atoms with E-state index in [2.05, 4.69) is 5.32 Å². The summed E-state index contributed by atoms with van der Waals surface area (Å²) in [6.45, 7) is 4.26. The molecule has 2 N–H and O–H groups in total. The predicted octanol–water partition coefficient (Wildman–Crippen LogP) is 1.85. The third kappa shape index (κ3) is 5.81. The zero-order valence-corrected chi connectivity index (χ0v) is 12.0. The summed E-state index contributed by atoms with van der Waals surface area (Å²) in [4.78, 5) is 0. The van der Waals surface area contributed by atoms with E-state index in [0.29, 0.717) is 25.3 Å². The van der Waals surface area contributed by atoms with Crippen molar-refractivity contribution in [2.45, 2.75) is 26.0 Å². The fourth-order valence-corrected chi connectivity index (χ4v) is 1.51. The van der Waals surface area contributed by atoms with Gasteiger partial charge in [-0.3, -0.25) is 0 Å². The lowest BCUT2D eigenvalue weighted by atomic mass is 10.1. The van der Waals surface area contributed by atoms with Gasteiger partial charge in [-0.05, 0) is 31.5 Å². The van der Waals surface area contributed by atoms with Gasteiger partial charge in [0.15, 0.2) is 17.4 Å². The molecule has 0 spiro atoms. The SMILES string of the molecule is COCCNCc1cc(F)c(OCC(C)(C)O)c(F)c1. The van der Waals surface area contributed by atoms with Crippen LogP contribution in [0.5, 0.6) is 5.75 Å². The lowest BCUT2D eigenvalue weighted by Crippen LogP contribution is -2.28. The molecule has 114 valence electrons. The van der Waals surface area contributed by atoms with Crippen LogP contribution in [0.15, 0.2) is 12.1 Å². The smallest absolute Gasteiger partial charge is 0.190 e. The molecule has 1 aromatic rings. The van der Waals surface area contributed by atoms with Gasteiger partial charge in [-0.1, -0.05) is 0 Å². The van der Waals surface area contributed by atoms with E-state index in [9.17, 15) is 13.9 Å². The summed E-state index contributed by atoms with van der Waals surface area (Å²) in [7, 11) is 1.58. The van der Waals surface area contributed by atoms with Crippen molar-refractivity contribution in [3.05, 3.63) is 29.3 Å². The first-order valence-corrected chi connectivity index (χ1v) is 6.36. The number of nitrogens with one attached hydrogen (secondary N) is 1. The average molecular weight is 289 g/mol. The first-order chi connectivity index (χ1) is 9.33. The molecule has 0 aliphatic heterocycles. The van der Waals surface area contributed by atoms with Crippen LogP contribution in [0.25, 0.3) is 0 Å². The zero-order valence-electron chi connectivity index (χ0n) is 12.0.